The van der Waals surface area contributed by atoms with Gasteiger partial charge in [-0.25, -0.2) is 8.42 Å². The number of rotatable bonds is 6. The van der Waals surface area contributed by atoms with Crippen molar-refractivity contribution in [3.05, 3.63) is 54.6 Å². The van der Waals surface area contributed by atoms with Crippen molar-refractivity contribution in [3.63, 3.8) is 0 Å². The molecule has 1 aliphatic rings. The monoisotopic (exact) mass is 417 g/mol. The van der Waals surface area contributed by atoms with Crippen LogP contribution in [-0.4, -0.2) is 50.8 Å². The van der Waals surface area contributed by atoms with Crippen LogP contribution in [-0.2, 0) is 19.6 Å². The van der Waals surface area contributed by atoms with E-state index in [1.54, 1.807) is 42.5 Å². The number of anilines is 1. The summed E-state index contributed by atoms with van der Waals surface area (Å²) in [5.41, 5.74) is 0.511. The zero-order valence-electron chi connectivity index (χ0n) is 16.0. The molecule has 1 heterocycles. The maximum Gasteiger partial charge on any atom is 0.313 e. The summed E-state index contributed by atoms with van der Waals surface area (Å²) in [4.78, 5) is 24.3. The Morgan fingerprint density at radius 3 is 2.41 bits per heavy atom. The average molecular weight is 417 g/mol. The van der Waals surface area contributed by atoms with Crippen molar-refractivity contribution in [2.75, 3.05) is 25.5 Å². The molecule has 2 aromatic rings. The molecule has 2 aromatic carbocycles. The average Bonchev–Trinajstić information content (AvgIpc) is 3.22. The summed E-state index contributed by atoms with van der Waals surface area (Å²) in [5.74, 6) is -1.03. The van der Waals surface area contributed by atoms with Crippen molar-refractivity contribution >= 4 is 27.5 Å². The fourth-order valence-corrected chi connectivity index (χ4v) is 4.91. The first-order chi connectivity index (χ1) is 13.9. The standard InChI is InChI=1S/C20H23N3O5S/c1-28-17-9-11-18(12-10-17)29(26,27)23-13-5-8-16(23)14-21-19(24)20(25)22-15-6-3-2-4-7-15/h2-4,6-7,9-12,16H,5,8,13-14H2,1H3,(H,21,24)(H,22,25). The number of amides is 2. The maximum absolute atomic E-state index is 13.0. The molecule has 0 bridgehead atoms. The highest BCUT2D eigenvalue weighted by molar-refractivity contribution is 7.89. The van der Waals surface area contributed by atoms with E-state index in [0.717, 1.165) is 0 Å². The number of nitrogens with zero attached hydrogens (tertiary/aromatic N) is 1. The first kappa shape index (κ1) is 20.8. The van der Waals surface area contributed by atoms with Crippen LogP contribution < -0.4 is 15.4 Å². The van der Waals surface area contributed by atoms with Gasteiger partial charge in [-0.2, -0.15) is 4.31 Å². The van der Waals surface area contributed by atoms with Gasteiger partial charge in [0.25, 0.3) is 0 Å². The third-order valence-corrected chi connectivity index (χ3v) is 6.69. The predicted octanol–water partition coefficient (Wildman–Crippen LogP) is 1.60. The predicted molar refractivity (Wildman–Crippen MR) is 108 cm³/mol. The number of hydrogen-bond donors (Lipinski definition) is 2. The first-order valence-corrected chi connectivity index (χ1v) is 10.7. The van der Waals surface area contributed by atoms with Gasteiger partial charge in [0.05, 0.1) is 12.0 Å². The Labute approximate surface area is 169 Å². The van der Waals surface area contributed by atoms with Crippen molar-refractivity contribution in [1.82, 2.24) is 9.62 Å². The van der Waals surface area contributed by atoms with Gasteiger partial charge in [-0.1, -0.05) is 18.2 Å². The molecular weight excluding hydrogens is 394 g/mol. The van der Waals surface area contributed by atoms with E-state index in [2.05, 4.69) is 10.6 Å². The third-order valence-electron chi connectivity index (χ3n) is 4.73. The van der Waals surface area contributed by atoms with Crippen LogP contribution in [0.1, 0.15) is 12.8 Å². The van der Waals surface area contributed by atoms with Gasteiger partial charge in [-0.05, 0) is 49.2 Å². The van der Waals surface area contributed by atoms with Crippen molar-refractivity contribution in [2.45, 2.75) is 23.8 Å². The van der Waals surface area contributed by atoms with Crippen LogP contribution >= 0.6 is 0 Å². The fourth-order valence-electron chi connectivity index (χ4n) is 3.21. The lowest BCUT2D eigenvalue weighted by Gasteiger charge is -2.24. The van der Waals surface area contributed by atoms with Crippen LogP contribution in [0.2, 0.25) is 0 Å². The molecule has 1 unspecified atom stereocenters. The number of nitrogens with one attached hydrogen (secondary N) is 2. The number of benzene rings is 2. The highest BCUT2D eigenvalue weighted by atomic mass is 32.2. The van der Waals surface area contributed by atoms with Crippen molar-refractivity contribution in [2.24, 2.45) is 0 Å². The Morgan fingerprint density at radius 1 is 1.07 bits per heavy atom. The number of methoxy groups -OCH3 is 1. The highest BCUT2D eigenvalue weighted by Gasteiger charge is 2.35. The van der Waals surface area contributed by atoms with Crippen molar-refractivity contribution < 1.29 is 22.7 Å². The molecule has 0 spiro atoms. The Bertz CT molecular complexity index is 961. The van der Waals surface area contributed by atoms with Gasteiger partial charge in [0.15, 0.2) is 0 Å². The fraction of sp³-hybridized carbons (Fsp3) is 0.300. The summed E-state index contributed by atoms with van der Waals surface area (Å²) < 4.78 is 32.4. The summed E-state index contributed by atoms with van der Waals surface area (Å²) in [6, 6.07) is 14.4. The van der Waals surface area contributed by atoms with Crippen LogP contribution in [0.3, 0.4) is 0 Å². The molecule has 1 aliphatic heterocycles. The number of ether oxygens (including phenoxy) is 1. The second kappa shape index (κ2) is 9.06. The third kappa shape index (κ3) is 4.93. The minimum atomic E-state index is -3.70. The van der Waals surface area contributed by atoms with E-state index in [0.29, 0.717) is 30.8 Å². The minimum Gasteiger partial charge on any atom is -0.497 e. The lowest BCUT2D eigenvalue weighted by Crippen LogP contribution is -2.45. The molecular formula is C20H23N3O5S. The van der Waals surface area contributed by atoms with Crippen LogP contribution in [0.4, 0.5) is 5.69 Å². The summed E-state index contributed by atoms with van der Waals surface area (Å²) >= 11 is 0. The number of hydrogen-bond acceptors (Lipinski definition) is 5. The zero-order chi connectivity index (χ0) is 20.9. The molecule has 0 aromatic heterocycles. The number of carbonyl (C=O) groups excluding carboxylic acids is 2. The Hall–Kier alpha value is -2.91. The minimum absolute atomic E-state index is 0.0659. The molecule has 154 valence electrons. The molecule has 2 amide bonds. The molecule has 8 nitrogen and oxygen atoms in total. The van der Waals surface area contributed by atoms with Crippen LogP contribution in [0, 0.1) is 0 Å². The van der Waals surface area contributed by atoms with E-state index in [-0.39, 0.29) is 11.4 Å². The first-order valence-electron chi connectivity index (χ1n) is 9.22. The molecule has 1 fully saturated rings. The van der Waals surface area contributed by atoms with Crippen molar-refractivity contribution in [1.29, 1.82) is 0 Å². The zero-order valence-corrected chi connectivity index (χ0v) is 16.8. The molecule has 0 radical (unpaired) electrons. The Balaban J connectivity index is 1.61. The van der Waals surface area contributed by atoms with Gasteiger partial charge in [0.1, 0.15) is 5.75 Å². The van der Waals surface area contributed by atoms with Gasteiger partial charge >= 0.3 is 11.8 Å². The molecule has 0 saturated carbocycles. The second-order valence-corrected chi connectivity index (χ2v) is 8.51. The van der Waals surface area contributed by atoms with Gasteiger partial charge in [-0.3, -0.25) is 9.59 Å². The summed E-state index contributed by atoms with van der Waals surface area (Å²) in [6.45, 7) is 0.432. The highest BCUT2D eigenvalue weighted by Crippen LogP contribution is 2.26. The lowest BCUT2D eigenvalue weighted by atomic mass is 10.2. The van der Waals surface area contributed by atoms with Crippen LogP contribution in [0.5, 0.6) is 5.75 Å². The van der Waals surface area contributed by atoms with Gasteiger partial charge in [-0.15, -0.1) is 0 Å². The quantitative estimate of drug-likeness (QED) is 0.695. The van der Waals surface area contributed by atoms with Crippen LogP contribution in [0.15, 0.2) is 59.5 Å². The lowest BCUT2D eigenvalue weighted by molar-refractivity contribution is -0.136. The SMILES string of the molecule is COc1ccc(S(=O)(=O)N2CCCC2CNC(=O)C(=O)Nc2ccccc2)cc1. The van der Waals surface area contributed by atoms with E-state index in [9.17, 15) is 18.0 Å². The van der Waals surface area contributed by atoms with Gasteiger partial charge in [0.2, 0.25) is 10.0 Å². The summed E-state index contributed by atoms with van der Waals surface area (Å²) in [7, 11) is -2.19. The van der Waals surface area contributed by atoms with E-state index >= 15 is 0 Å². The van der Waals surface area contributed by atoms with E-state index < -0.39 is 27.9 Å². The van der Waals surface area contributed by atoms with E-state index in [4.69, 9.17) is 4.74 Å². The molecule has 1 saturated heterocycles. The van der Waals surface area contributed by atoms with E-state index in [1.165, 1.54) is 23.5 Å². The van der Waals surface area contributed by atoms with E-state index in [1.807, 2.05) is 0 Å². The molecule has 2 N–H and O–H groups in total. The molecule has 29 heavy (non-hydrogen) atoms. The smallest absolute Gasteiger partial charge is 0.313 e. The van der Waals surface area contributed by atoms with Crippen molar-refractivity contribution in [3.8, 4) is 5.75 Å². The molecule has 1 atom stereocenters. The topological polar surface area (TPSA) is 105 Å². The normalized spacial score (nSPS) is 16.9. The molecule has 9 heteroatoms. The Morgan fingerprint density at radius 2 is 1.76 bits per heavy atom. The Kier molecular flexibility index (Phi) is 6.50. The number of carbonyl (C=O) groups is 2. The summed E-state index contributed by atoms with van der Waals surface area (Å²) in [5, 5.41) is 5.04. The van der Waals surface area contributed by atoms with Gasteiger partial charge < -0.3 is 15.4 Å². The summed E-state index contributed by atoms with van der Waals surface area (Å²) in [6.07, 6.45) is 1.29. The second-order valence-electron chi connectivity index (χ2n) is 6.62. The van der Waals surface area contributed by atoms with Gasteiger partial charge in [0, 0.05) is 24.8 Å². The maximum atomic E-state index is 13.0. The largest absolute Gasteiger partial charge is 0.497 e. The van der Waals surface area contributed by atoms with Crippen LogP contribution in [0.25, 0.3) is 0 Å². The molecule has 0 aliphatic carbocycles. The molecule has 3 rings (SSSR count). The number of sulfonamides is 1. The number of para-hydroxylation sites is 1.